The fourth-order valence-corrected chi connectivity index (χ4v) is 6.86. The van der Waals surface area contributed by atoms with E-state index in [0.717, 1.165) is 96.0 Å². The number of piperidine rings is 2. The van der Waals surface area contributed by atoms with E-state index < -0.39 is 0 Å². The van der Waals surface area contributed by atoms with E-state index in [0.29, 0.717) is 50.2 Å². The van der Waals surface area contributed by atoms with Gasteiger partial charge in [-0.2, -0.15) is 0 Å². The van der Waals surface area contributed by atoms with Crippen molar-refractivity contribution in [2.45, 2.75) is 44.1 Å². The first-order valence-electron chi connectivity index (χ1n) is 17.5. The lowest BCUT2D eigenvalue weighted by Gasteiger charge is -2.32. The molecular formula is C35H52ClN9O4. The summed E-state index contributed by atoms with van der Waals surface area (Å²) >= 11 is 0. The van der Waals surface area contributed by atoms with Gasteiger partial charge in [0.25, 0.3) is 11.1 Å². The maximum atomic E-state index is 12.2. The first kappa shape index (κ1) is 36.8. The number of benzene rings is 1. The van der Waals surface area contributed by atoms with Gasteiger partial charge in [0.05, 0.1) is 37.8 Å². The SMILES string of the molecule is CN(C)c1ccc(CN2CCC(c3cc(=O)[nH]c(N4CCOCC4)n3)CC2)cc1.Cl.O=c1cc(C2CCNCC2)nc(N2CCOCC2)[nH]1. The quantitative estimate of drug-likeness (QED) is 0.336. The monoisotopic (exact) mass is 697 g/mol. The molecule has 49 heavy (non-hydrogen) atoms. The first-order valence-corrected chi connectivity index (χ1v) is 17.5. The van der Waals surface area contributed by atoms with Gasteiger partial charge in [-0.3, -0.25) is 24.5 Å². The number of H-pyrrole nitrogens is 2. The standard InChI is InChI=1S/C22H31N5O2.C13H20N4O2.ClH/c1-25(2)19-5-3-17(4-6-19)16-26-9-7-18(8-10-26)20-15-21(28)24-22(23-20)27-11-13-29-14-12-27;18-12-9-11(10-1-3-14-4-2-10)15-13(16-12)17-5-7-19-8-6-17;/h3-6,15,18H,7-14,16H2,1-2H3,(H,23,24,28);9-10,14H,1-8H2,(H,15,16,18);1H. The maximum Gasteiger partial charge on any atom is 0.252 e. The number of aromatic nitrogens is 4. The van der Waals surface area contributed by atoms with Crippen molar-refractivity contribution in [2.24, 2.45) is 0 Å². The fourth-order valence-electron chi connectivity index (χ4n) is 6.86. The Morgan fingerprint density at radius 3 is 1.65 bits per heavy atom. The lowest BCUT2D eigenvalue weighted by molar-refractivity contribution is 0.122. The fraction of sp³-hybridized carbons (Fsp3) is 0.600. The van der Waals surface area contributed by atoms with Gasteiger partial charge < -0.3 is 29.5 Å². The Labute approximate surface area is 294 Å². The van der Waals surface area contributed by atoms with Gasteiger partial charge >= 0.3 is 0 Å². The largest absolute Gasteiger partial charge is 0.378 e. The third-order valence-corrected chi connectivity index (χ3v) is 9.74. The normalized spacial score (nSPS) is 19.5. The Morgan fingerprint density at radius 2 is 1.18 bits per heavy atom. The number of halogens is 1. The zero-order valence-electron chi connectivity index (χ0n) is 28.9. The van der Waals surface area contributed by atoms with E-state index in [9.17, 15) is 9.59 Å². The van der Waals surface area contributed by atoms with Crippen LogP contribution in [0.25, 0.3) is 0 Å². The molecule has 0 aliphatic carbocycles. The van der Waals surface area contributed by atoms with Crippen LogP contribution in [0.5, 0.6) is 0 Å². The molecule has 0 spiro atoms. The molecule has 4 fully saturated rings. The summed E-state index contributed by atoms with van der Waals surface area (Å²) in [4.78, 5) is 48.1. The molecule has 0 amide bonds. The lowest BCUT2D eigenvalue weighted by Crippen LogP contribution is -2.39. The second-order valence-electron chi connectivity index (χ2n) is 13.3. The molecule has 0 saturated carbocycles. The van der Waals surface area contributed by atoms with Crippen LogP contribution in [0.1, 0.15) is 54.5 Å². The van der Waals surface area contributed by atoms with E-state index in [-0.39, 0.29) is 23.5 Å². The number of rotatable bonds is 7. The van der Waals surface area contributed by atoms with Crippen LogP contribution in [0, 0.1) is 0 Å². The summed E-state index contributed by atoms with van der Waals surface area (Å²) in [6.07, 6.45) is 4.18. The van der Waals surface area contributed by atoms with Gasteiger partial charge in [0.2, 0.25) is 11.9 Å². The molecule has 268 valence electrons. The number of hydrogen-bond donors (Lipinski definition) is 3. The highest BCUT2D eigenvalue weighted by Crippen LogP contribution is 2.28. The van der Waals surface area contributed by atoms with Crippen molar-refractivity contribution in [2.75, 3.05) is 108 Å². The molecule has 0 atom stereocenters. The average Bonchev–Trinajstić information content (AvgIpc) is 3.13. The molecule has 4 aliphatic rings. The molecule has 4 saturated heterocycles. The smallest absolute Gasteiger partial charge is 0.252 e. The molecule has 0 bridgehead atoms. The van der Waals surface area contributed by atoms with Crippen LogP contribution in [0.3, 0.4) is 0 Å². The van der Waals surface area contributed by atoms with Crippen LogP contribution in [0.15, 0.2) is 46.0 Å². The minimum Gasteiger partial charge on any atom is -0.378 e. The van der Waals surface area contributed by atoms with Crippen molar-refractivity contribution in [3.05, 3.63) is 74.1 Å². The van der Waals surface area contributed by atoms with Crippen molar-refractivity contribution in [1.29, 1.82) is 0 Å². The molecule has 0 unspecified atom stereocenters. The van der Waals surface area contributed by atoms with Gasteiger partial charge in [-0.15, -0.1) is 12.4 Å². The Balaban J connectivity index is 0.000000203. The molecule has 7 rings (SSSR count). The minimum atomic E-state index is -0.0556. The third kappa shape index (κ3) is 10.3. The van der Waals surface area contributed by atoms with E-state index in [2.05, 4.69) is 78.2 Å². The summed E-state index contributed by atoms with van der Waals surface area (Å²) in [5, 5.41) is 3.34. The molecule has 1 aromatic carbocycles. The molecular weight excluding hydrogens is 646 g/mol. The Bertz CT molecular complexity index is 1520. The molecule has 3 N–H and O–H groups in total. The molecule has 6 heterocycles. The summed E-state index contributed by atoms with van der Waals surface area (Å²) in [7, 11) is 4.12. The number of hydrogen-bond acceptors (Lipinski definition) is 11. The van der Waals surface area contributed by atoms with Crippen LogP contribution in [-0.2, 0) is 16.0 Å². The summed E-state index contributed by atoms with van der Waals surface area (Å²) in [5.41, 5.74) is 4.34. The van der Waals surface area contributed by atoms with Crippen molar-refractivity contribution >= 4 is 30.0 Å². The minimum absolute atomic E-state index is 0. The third-order valence-electron chi connectivity index (χ3n) is 9.74. The Hall–Kier alpha value is -3.49. The van der Waals surface area contributed by atoms with E-state index >= 15 is 0 Å². The van der Waals surface area contributed by atoms with Gasteiger partial charge in [0.1, 0.15) is 0 Å². The zero-order chi connectivity index (χ0) is 33.3. The topological polar surface area (TPSA) is 135 Å². The number of nitrogens with zero attached hydrogens (tertiary/aromatic N) is 6. The number of aromatic amines is 2. The number of nitrogens with one attached hydrogen (secondary N) is 3. The summed E-state index contributed by atoms with van der Waals surface area (Å²) in [6, 6.07) is 12.1. The van der Waals surface area contributed by atoms with Crippen molar-refractivity contribution in [1.82, 2.24) is 30.2 Å². The highest BCUT2D eigenvalue weighted by molar-refractivity contribution is 5.85. The van der Waals surface area contributed by atoms with E-state index in [4.69, 9.17) is 14.5 Å². The van der Waals surface area contributed by atoms with Crippen molar-refractivity contribution in [3.8, 4) is 0 Å². The molecule has 2 aromatic heterocycles. The van der Waals surface area contributed by atoms with Crippen LogP contribution < -0.4 is 31.1 Å². The van der Waals surface area contributed by atoms with E-state index in [1.54, 1.807) is 12.1 Å². The number of morpholine rings is 2. The van der Waals surface area contributed by atoms with Crippen LogP contribution >= 0.6 is 12.4 Å². The molecule has 4 aliphatic heterocycles. The Morgan fingerprint density at radius 1 is 0.714 bits per heavy atom. The zero-order valence-corrected chi connectivity index (χ0v) is 29.7. The van der Waals surface area contributed by atoms with E-state index in [1.807, 2.05) is 0 Å². The maximum absolute atomic E-state index is 12.2. The second-order valence-corrected chi connectivity index (χ2v) is 13.3. The van der Waals surface area contributed by atoms with Gasteiger partial charge in [-0.05, 0) is 69.6 Å². The second kappa shape index (κ2) is 18.0. The Kier molecular flexibility index (Phi) is 13.5. The number of anilines is 3. The predicted molar refractivity (Wildman–Crippen MR) is 196 cm³/mol. The number of likely N-dealkylation sites (tertiary alicyclic amines) is 1. The van der Waals surface area contributed by atoms with Crippen LogP contribution in [0.4, 0.5) is 17.6 Å². The highest BCUT2D eigenvalue weighted by atomic mass is 35.5. The summed E-state index contributed by atoms with van der Waals surface area (Å²) < 4.78 is 10.7. The van der Waals surface area contributed by atoms with Crippen molar-refractivity contribution in [3.63, 3.8) is 0 Å². The van der Waals surface area contributed by atoms with Crippen molar-refractivity contribution < 1.29 is 9.47 Å². The summed E-state index contributed by atoms with van der Waals surface area (Å²) in [5.74, 6) is 2.15. The summed E-state index contributed by atoms with van der Waals surface area (Å²) in [6.45, 7) is 10.9. The first-order chi connectivity index (χ1) is 23.4. The van der Waals surface area contributed by atoms with E-state index in [1.165, 1.54) is 11.3 Å². The molecule has 13 nitrogen and oxygen atoms in total. The van der Waals surface area contributed by atoms with Gasteiger partial charge in [0.15, 0.2) is 0 Å². The highest BCUT2D eigenvalue weighted by Gasteiger charge is 2.24. The average molecular weight is 698 g/mol. The van der Waals surface area contributed by atoms with Gasteiger partial charge in [-0.25, -0.2) is 9.97 Å². The molecule has 0 radical (unpaired) electrons. The molecule has 14 heteroatoms. The molecule has 3 aromatic rings. The lowest BCUT2D eigenvalue weighted by atomic mass is 9.93. The van der Waals surface area contributed by atoms with Gasteiger partial charge in [0, 0.05) is 76.5 Å². The number of ether oxygens (including phenoxy) is 2. The van der Waals surface area contributed by atoms with Crippen LogP contribution in [-0.4, -0.2) is 118 Å². The van der Waals surface area contributed by atoms with Crippen LogP contribution in [0.2, 0.25) is 0 Å². The van der Waals surface area contributed by atoms with Gasteiger partial charge in [-0.1, -0.05) is 12.1 Å². The predicted octanol–water partition coefficient (Wildman–Crippen LogP) is 2.55.